The molecule has 84 valence electrons. The van der Waals surface area contributed by atoms with Gasteiger partial charge in [0.15, 0.2) is 5.76 Å². The molecule has 0 saturated carbocycles. The van der Waals surface area contributed by atoms with Crippen LogP contribution >= 0.6 is 0 Å². The van der Waals surface area contributed by atoms with Gasteiger partial charge in [-0.25, -0.2) is 0 Å². The van der Waals surface area contributed by atoms with Gasteiger partial charge in [-0.1, -0.05) is 23.4 Å². The van der Waals surface area contributed by atoms with Gasteiger partial charge in [0, 0.05) is 5.39 Å². The average Bonchev–Trinajstić information content (AvgIpc) is 2.96. The number of nitrogens with zero attached hydrogens (tertiary/aromatic N) is 1. The first-order valence-corrected chi connectivity index (χ1v) is 5.02. The van der Waals surface area contributed by atoms with Crippen LogP contribution in [-0.4, -0.2) is 11.1 Å². The number of furan rings is 1. The van der Waals surface area contributed by atoms with Gasteiger partial charge in [-0.15, -0.1) is 0 Å². The molecule has 0 radical (unpaired) electrons. The predicted octanol–water partition coefficient (Wildman–Crippen LogP) is 2.67. The van der Waals surface area contributed by atoms with Crippen molar-refractivity contribution in [3.05, 3.63) is 48.6 Å². The number of hydrogen-bond donors (Lipinski definition) is 1. The number of para-hydroxylation sites is 1. The molecule has 0 aliphatic carbocycles. The van der Waals surface area contributed by atoms with Crippen molar-refractivity contribution in [1.82, 2.24) is 5.16 Å². The standard InChI is InChI=1S/C12H8N2O3/c15-12(14-9-6-13-16-7-9)11-5-8-3-1-2-4-10(8)17-11/h1-7H,(H,14,15). The summed E-state index contributed by atoms with van der Waals surface area (Å²) in [6.45, 7) is 0. The first-order chi connectivity index (χ1) is 8.33. The summed E-state index contributed by atoms with van der Waals surface area (Å²) in [5.41, 5.74) is 1.18. The molecule has 1 amide bonds. The first kappa shape index (κ1) is 9.65. The van der Waals surface area contributed by atoms with Crippen LogP contribution < -0.4 is 5.32 Å². The second-order valence-corrected chi connectivity index (χ2v) is 3.52. The highest BCUT2D eigenvalue weighted by Gasteiger charge is 2.12. The molecule has 0 fully saturated rings. The summed E-state index contributed by atoms with van der Waals surface area (Å²) in [4.78, 5) is 11.8. The molecular formula is C12H8N2O3. The Morgan fingerprint density at radius 1 is 1.29 bits per heavy atom. The molecule has 0 bridgehead atoms. The van der Waals surface area contributed by atoms with E-state index >= 15 is 0 Å². The molecule has 1 aromatic carbocycles. The number of nitrogens with one attached hydrogen (secondary N) is 1. The number of fused-ring (bicyclic) bond motifs is 1. The summed E-state index contributed by atoms with van der Waals surface area (Å²) in [5.74, 6) is -0.0724. The van der Waals surface area contributed by atoms with E-state index in [2.05, 4.69) is 15.0 Å². The lowest BCUT2D eigenvalue weighted by Gasteiger charge is -1.96. The molecule has 1 N–H and O–H groups in total. The summed E-state index contributed by atoms with van der Waals surface area (Å²) < 4.78 is 10.0. The van der Waals surface area contributed by atoms with Gasteiger partial charge in [0.1, 0.15) is 17.5 Å². The molecule has 2 aromatic heterocycles. The van der Waals surface area contributed by atoms with Gasteiger partial charge in [-0.05, 0) is 12.1 Å². The summed E-state index contributed by atoms with van der Waals surface area (Å²) in [5, 5.41) is 6.99. The lowest BCUT2D eigenvalue weighted by molar-refractivity contribution is 0.0998. The lowest BCUT2D eigenvalue weighted by Crippen LogP contribution is -2.09. The van der Waals surface area contributed by atoms with E-state index in [-0.39, 0.29) is 11.7 Å². The number of aromatic nitrogens is 1. The summed E-state index contributed by atoms with van der Waals surface area (Å²) in [7, 11) is 0. The van der Waals surface area contributed by atoms with Crippen molar-refractivity contribution in [2.75, 3.05) is 5.32 Å². The van der Waals surface area contributed by atoms with Crippen molar-refractivity contribution < 1.29 is 13.7 Å². The largest absolute Gasteiger partial charge is 0.451 e. The molecule has 5 nitrogen and oxygen atoms in total. The summed E-state index contributed by atoms with van der Waals surface area (Å²) >= 11 is 0. The van der Waals surface area contributed by atoms with Crippen molar-refractivity contribution >= 4 is 22.6 Å². The number of rotatable bonds is 2. The fraction of sp³-hybridized carbons (Fsp3) is 0. The third-order valence-corrected chi connectivity index (χ3v) is 2.34. The minimum Gasteiger partial charge on any atom is -0.451 e. The zero-order valence-corrected chi connectivity index (χ0v) is 8.71. The van der Waals surface area contributed by atoms with Crippen LogP contribution in [0.25, 0.3) is 11.0 Å². The molecule has 0 aliphatic rings. The Morgan fingerprint density at radius 2 is 2.18 bits per heavy atom. The van der Waals surface area contributed by atoms with E-state index in [0.717, 1.165) is 5.39 Å². The van der Waals surface area contributed by atoms with Gasteiger partial charge in [0.25, 0.3) is 5.91 Å². The fourth-order valence-electron chi connectivity index (χ4n) is 1.55. The Bertz CT molecular complexity index is 622. The normalized spacial score (nSPS) is 10.6. The Morgan fingerprint density at radius 3 is 2.94 bits per heavy atom. The second kappa shape index (κ2) is 3.79. The number of carbonyl (C=O) groups excluding carboxylic acids is 1. The Kier molecular flexibility index (Phi) is 2.15. The number of carbonyl (C=O) groups is 1. The molecule has 0 aliphatic heterocycles. The number of amides is 1. The maximum absolute atomic E-state index is 11.8. The van der Waals surface area contributed by atoms with Gasteiger partial charge >= 0.3 is 0 Å². The highest BCUT2D eigenvalue weighted by atomic mass is 16.5. The quantitative estimate of drug-likeness (QED) is 0.732. The Balaban J connectivity index is 1.90. The third kappa shape index (κ3) is 1.78. The average molecular weight is 228 g/mol. The summed E-state index contributed by atoms with van der Waals surface area (Å²) in [6.07, 6.45) is 2.76. The smallest absolute Gasteiger partial charge is 0.291 e. The molecule has 0 spiro atoms. The zero-order chi connectivity index (χ0) is 11.7. The Labute approximate surface area is 96.0 Å². The summed E-state index contributed by atoms with van der Waals surface area (Å²) in [6, 6.07) is 9.13. The predicted molar refractivity (Wildman–Crippen MR) is 60.7 cm³/mol. The molecule has 0 atom stereocenters. The van der Waals surface area contributed by atoms with Crippen LogP contribution in [0.4, 0.5) is 5.69 Å². The maximum Gasteiger partial charge on any atom is 0.291 e. The molecule has 17 heavy (non-hydrogen) atoms. The third-order valence-electron chi connectivity index (χ3n) is 2.34. The van der Waals surface area contributed by atoms with Crippen LogP contribution in [0.15, 0.2) is 51.7 Å². The molecule has 0 saturated heterocycles. The van der Waals surface area contributed by atoms with E-state index in [1.807, 2.05) is 24.3 Å². The highest BCUT2D eigenvalue weighted by molar-refractivity contribution is 6.04. The van der Waals surface area contributed by atoms with Crippen molar-refractivity contribution in [1.29, 1.82) is 0 Å². The number of hydrogen-bond acceptors (Lipinski definition) is 4. The van der Waals surface area contributed by atoms with Crippen LogP contribution in [0.5, 0.6) is 0 Å². The number of benzene rings is 1. The first-order valence-electron chi connectivity index (χ1n) is 5.02. The second-order valence-electron chi connectivity index (χ2n) is 3.52. The van der Waals surface area contributed by atoms with E-state index in [1.165, 1.54) is 12.5 Å². The van der Waals surface area contributed by atoms with Crippen molar-refractivity contribution in [3.63, 3.8) is 0 Å². The monoisotopic (exact) mass is 228 g/mol. The highest BCUT2D eigenvalue weighted by Crippen LogP contribution is 2.19. The van der Waals surface area contributed by atoms with E-state index in [1.54, 1.807) is 6.07 Å². The van der Waals surface area contributed by atoms with Crippen molar-refractivity contribution in [3.8, 4) is 0 Å². The molecule has 3 rings (SSSR count). The topological polar surface area (TPSA) is 68.3 Å². The van der Waals surface area contributed by atoms with Gasteiger partial charge in [0.05, 0.1) is 6.20 Å². The van der Waals surface area contributed by atoms with Gasteiger partial charge in [-0.2, -0.15) is 0 Å². The molecule has 0 unspecified atom stereocenters. The van der Waals surface area contributed by atoms with Crippen LogP contribution in [0.1, 0.15) is 10.6 Å². The Hall–Kier alpha value is -2.56. The van der Waals surface area contributed by atoms with E-state index in [0.29, 0.717) is 11.3 Å². The van der Waals surface area contributed by atoms with Crippen molar-refractivity contribution in [2.45, 2.75) is 0 Å². The SMILES string of the molecule is O=C(Nc1cnoc1)c1cc2ccccc2o1. The minimum absolute atomic E-state index is 0.257. The molecule has 2 heterocycles. The van der Waals surface area contributed by atoms with E-state index < -0.39 is 0 Å². The van der Waals surface area contributed by atoms with Crippen LogP contribution in [0.2, 0.25) is 0 Å². The molecule has 5 heteroatoms. The van der Waals surface area contributed by atoms with E-state index in [4.69, 9.17) is 4.42 Å². The van der Waals surface area contributed by atoms with Gasteiger partial charge in [-0.3, -0.25) is 4.79 Å². The van der Waals surface area contributed by atoms with Crippen molar-refractivity contribution in [2.24, 2.45) is 0 Å². The molecule has 3 aromatic rings. The lowest BCUT2D eigenvalue weighted by atomic mass is 10.2. The van der Waals surface area contributed by atoms with E-state index in [9.17, 15) is 4.79 Å². The molecular weight excluding hydrogens is 220 g/mol. The minimum atomic E-state index is -0.329. The maximum atomic E-state index is 11.8. The van der Waals surface area contributed by atoms with Crippen LogP contribution in [0, 0.1) is 0 Å². The van der Waals surface area contributed by atoms with Crippen LogP contribution in [0.3, 0.4) is 0 Å². The fourth-order valence-corrected chi connectivity index (χ4v) is 1.55. The zero-order valence-electron chi connectivity index (χ0n) is 8.71. The van der Waals surface area contributed by atoms with Gasteiger partial charge < -0.3 is 14.3 Å². The van der Waals surface area contributed by atoms with Crippen LogP contribution in [-0.2, 0) is 0 Å². The van der Waals surface area contributed by atoms with Gasteiger partial charge in [0.2, 0.25) is 0 Å². The number of anilines is 1.